The van der Waals surface area contributed by atoms with Crippen molar-refractivity contribution < 1.29 is 0 Å². The Kier molecular flexibility index (Phi) is 1.00. The van der Waals surface area contributed by atoms with E-state index in [4.69, 9.17) is 0 Å². The molecule has 0 saturated heterocycles. The summed E-state index contributed by atoms with van der Waals surface area (Å²) in [5.41, 5.74) is 0. The predicted octanol–water partition coefficient (Wildman–Crippen LogP) is 3.10. The van der Waals surface area contributed by atoms with Crippen LogP contribution in [0.2, 0.25) is 0 Å². The van der Waals surface area contributed by atoms with E-state index in [0.717, 1.165) is 17.8 Å². The molecule has 5 fully saturated rings. The van der Waals surface area contributed by atoms with Gasteiger partial charge >= 0.3 is 0 Å². The van der Waals surface area contributed by atoms with Gasteiger partial charge in [0.05, 0.1) is 0 Å². The molecule has 6 aliphatic rings. The Hall–Kier alpha value is -0.260. The number of rotatable bonds is 1. The van der Waals surface area contributed by atoms with E-state index >= 15 is 0 Å². The van der Waals surface area contributed by atoms with E-state index in [1.165, 1.54) is 36.0 Å². The Morgan fingerprint density at radius 2 is 1.57 bits per heavy atom. The minimum absolute atomic E-state index is 1.000. The molecule has 5 saturated carbocycles. The summed E-state index contributed by atoms with van der Waals surface area (Å²) in [6.07, 6.45) is 11.4. The fourth-order valence-corrected chi connectivity index (χ4v) is 6.03. The summed E-state index contributed by atoms with van der Waals surface area (Å²) < 4.78 is 0. The summed E-state index contributed by atoms with van der Waals surface area (Å²) in [5.74, 6) is 9.24. The first-order chi connectivity index (χ1) is 6.92. The van der Waals surface area contributed by atoms with E-state index < -0.39 is 0 Å². The van der Waals surface area contributed by atoms with Crippen molar-refractivity contribution in [2.24, 2.45) is 47.3 Å². The van der Waals surface area contributed by atoms with Crippen LogP contribution in [-0.4, -0.2) is 0 Å². The van der Waals surface area contributed by atoms with E-state index in [1.54, 1.807) is 19.3 Å². The number of hydrogen-bond acceptors (Lipinski definition) is 0. The fraction of sp³-hybridized carbons (Fsp3) is 0.857. The smallest absolute Gasteiger partial charge is 0.0196 e. The predicted molar refractivity (Wildman–Crippen MR) is 55.5 cm³/mol. The Morgan fingerprint density at radius 3 is 2.07 bits per heavy atom. The highest BCUT2D eigenvalue weighted by atomic mass is 14.7. The van der Waals surface area contributed by atoms with Gasteiger partial charge in [-0.05, 0) is 73.0 Å². The molecule has 74 valence electrons. The molecule has 6 aliphatic carbocycles. The van der Waals surface area contributed by atoms with Gasteiger partial charge < -0.3 is 0 Å². The molecule has 0 aromatic rings. The minimum Gasteiger partial charge on any atom is -0.0851 e. The van der Waals surface area contributed by atoms with E-state index in [9.17, 15) is 0 Å². The van der Waals surface area contributed by atoms with Gasteiger partial charge in [-0.25, -0.2) is 0 Å². The number of hydrogen-bond donors (Lipinski definition) is 0. The van der Waals surface area contributed by atoms with Crippen molar-refractivity contribution in [1.29, 1.82) is 0 Å². The molecule has 0 amide bonds. The van der Waals surface area contributed by atoms with Crippen LogP contribution in [0.25, 0.3) is 0 Å². The summed E-state index contributed by atoms with van der Waals surface area (Å²) in [6.45, 7) is 0. The van der Waals surface area contributed by atoms with Crippen LogP contribution >= 0.6 is 0 Å². The van der Waals surface area contributed by atoms with Crippen molar-refractivity contribution >= 4 is 0 Å². The number of allylic oxidation sites excluding steroid dienone is 2. The molecular formula is C14H18. The SMILES string of the molecule is C1=C[C@@H]2C[C@H]1CC2C1C2CC3C1[C@@H]3C2. The second-order valence-electron chi connectivity index (χ2n) is 6.66. The molecule has 0 aromatic heterocycles. The third-order valence-corrected chi connectivity index (χ3v) is 6.36. The summed E-state index contributed by atoms with van der Waals surface area (Å²) in [6, 6.07) is 0. The minimum atomic E-state index is 1.000. The molecule has 5 unspecified atom stereocenters. The lowest BCUT2D eigenvalue weighted by molar-refractivity contribution is 0.233. The zero-order chi connectivity index (χ0) is 8.86. The average Bonchev–Trinajstić information content (AvgIpc) is 2.82. The lowest BCUT2D eigenvalue weighted by Gasteiger charge is -2.28. The molecule has 0 N–H and O–H groups in total. The molecule has 14 heavy (non-hydrogen) atoms. The average molecular weight is 186 g/mol. The number of fused-ring (bicyclic) bond motifs is 2. The lowest BCUT2D eigenvalue weighted by atomic mass is 9.77. The Labute approximate surface area is 85.8 Å². The first-order valence-electron chi connectivity index (χ1n) is 6.60. The van der Waals surface area contributed by atoms with E-state index in [1.807, 2.05) is 0 Å². The van der Waals surface area contributed by atoms with Gasteiger partial charge in [0.1, 0.15) is 0 Å². The molecule has 6 rings (SSSR count). The third kappa shape index (κ3) is 0.620. The second kappa shape index (κ2) is 1.99. The molecule has 0 aliphatic heterocycles. The van der Waals surface area contributed by atoms with Crippen LogP contribution in [0, 0.1) is 47.3 Å². The van der Waals surface area contributed by atoms with Gasteiger partial charge in [0.25, 0.3) is 0 Å². The Morgan fingerprint density at radius 1 is 0.714 bits per heavy atom. The van der Waals surface area contributed by atoms with Crippen LogP contribution in [0.15, 0.2) is 12.2 Å². The molecule has 0 nitrogen and oxygen atoms in total. The molecular weight excluding hydrogens is 168 g/mol. The van der Waals surface area contributed by atoms with Crippen molar-refractivity contribution in [3.8, 4) is 0 Å². The monoisotopic (exact) mass is 186 g/mol. The van der Waals surface area contributed by atoms with Crippen LogP contribution in [0.4, 0.5) is 0 Å². The first-order valence-corrected chi connectivity index (χ1v) is 6.60. The van der Waals surface area contributed by atoms with Crippen molar-refractivity contribution in [2.45, 2.75) is 25.7 Å². The maximum absolute atomic E-state index is 2.56. The molecule has 0 heterocycles. The summed E-state index contributed by atoms with van der Waals surface area (Å²) >= 11 is 0. The summed E-state index contributed by atoms with van der Waals surface area (Å²) in [5, 5.41) is 0. The van der Waals surface area contributed by atoms with E-state index in [-0.39, 0.29) is 0 Å². The van der Waals surface area contributed by atoms with Gasteiger partial charge in [-0.15, -0.1) is 0 Å². The summed E-state index contributed by atoms with van der Waals surface area (Å²) in [7, 11) is 0. The fourth-order valence-electron chi connectivity index (χ4n) is 6.03. The van der Waals surface area contributed by atoms with Gasteiger partial charge in [-0.1, -0.05) is 12.2 Å². The molecule has 0 aromatic carbocycles. The van der Waals surface area contributed by atoms with Crippen molar-refractivity contribution in [1.82, 2.24) is 0 Å². The van der Waals surface area contributed by atoms with Crippen molar-refractivity contribution in [2.75, 3.05) is 0 Å². The normalized spacial score (nSPS) is 70.9. The van der Waals surface area contributed by atoms with Crippen LogP contribution in [0.3, 0.4) is 0 Å². The Balaban J connectivity index is 1.51. The second-order valence-corrected chi connectivity index (χ2v) is 6.66. The van der Waals surface area contributed by atoms with Gasteiger partial charge in [0.2, 0.25) is 0 Å². The summed E-state index contributed by atoms with van der Waals surface area (Å²) in [4.78, 5) is 0. The van der Waals surface area contributed by atoms with Gasteiger partial charge in [-0.3, -0.25) is 0 Å². The molecule has 8 atom stereocenters. The highest BCUT2D eigenvalue weighted by Crippen LogP contribution is 2.76. The largest absolute Gasteiger partial charge is 0.0851 e. The quantitative estimate of drug-likeness (QED) is 0.552. The molecule has 0 spiro atoms. The zero-order valence-corrected chi connectivity index (χ0v) is 8.60. The zero-order valence-electron chi connectivity index (χ0n) is 8.60. The van der Waals surface area contributed by atoms with Crippen LogP contribution < -0.4 is 0 Å². The van der Waals surface area contributed by atoms with Crippen LogP contribution in [0.1, 0.15) is 25.7 Å². The van der Waals surface area contributed by atoms with Crippen LogP contribution in [0.5, 0.6) is 0 Å². The molecule has 0 heteroatoms. The topological polar surface area (TPSA) is 0 Å². The highest BCUT2D eigenvalue weighted by Gasteiger charge is 2.70. The van der Waals surface area contributed by atoms with Gasteiger partial charge in [-0.2, -0.15) is 0 Å². The van der Waals surface area contributed by atoms with Crippen molar-refractivity contribution in [3.05, 3.63) is 12.2 Å². The van der Waals surface area contributed by atoms with E-state index in [2.05, 4.69) is 12.2 Å². The highest BCUT2D eigenvalue weighted by molar-refractivity contribution is 5.21. The van der Waals surface area contributed by atoms with E-state index in [0.29, 0.717) is 0 Å². The molecule has 6 bridgehead atoms. The standard InChI is InChI=1S/C14H18/c1-2-8-3-7(1)4-10(8)13-9-5-11-12(6-9)14(11)13/h1-2,7-14H,3-6H2/t7-,8+,9?,10?,11+,12?,13?,14?/m0/s1. The maximum Gasteiger partial charge on any atom is -0.0196 e. The van der Waals surface area contributed by atoms with Crippen LogP contribution in [-0.2, 0) is 0 Å². The van der Waals surface area contributed by atoms with Gasteiger partial charge in [0, 0.05) is 0 Å². The Bertz CT molecular complexity index is 315. The molecule has 0 radical (unpaired) electrons. The maximum atomic E-state index is 2.56. The third-order valence-electron chi connectivity index (χ3n) is 6.36. The van der Waals surface area contributed by atoms with Crippen molar-refractivity contribution in [3.63, 3.8) is 0 Å². The lowest BCUT2D eigenvalue weighted by Crippen LogP contribution is -2.22. The van der Waals surface area contributed by atoms with Gasteiger partial charge in [0.15, 0.2) is 0 Å². The first kappa shape index (κ1) is 7.09.